The van der Waals surface area contributed by atoms with E-state index in [4.69, 9.17) is 9.47 Å². The number of ketones is 1. The smallest absolute Gasteiger partial charge is 0.165 e. The second kappa shape index (κ2) is 5.96. The van der Waals surface area contributed by atoms with Gasteiger partial charge in [-0.2, -0.15) is 0 Å². The van der Waals surface area contributed by atoms with Gasteiger partial charge in [-0.15, -0.1) is 0 Å². The summed E-state index contributed by atoms with van der Waals surface area (Å²) in [6.45, 7) is 1.45. The van der Waals surface area contributed by atoms with E-state index in [1.165, 1.54) is 25.3 Å². The van der Waals surface area contributed by atoms with Crippen LogP contribution in [-0.4, -0.2) is 26.1 Å². The predicted octanol–water partition coefficient (Wildman–Crippen LogP) is 2.83. The number of halogens is 1. The Morgan fingerprint density at radius 2 is 2.17 bits per heavy atom. The van der Waals surface area contributed by atoms with E-state index >= 15 is 0 Å². The Morgan fingerprint density at radius 3 is 2.83 bits per heavy atom. The van der Waals surface area contributed by atoms with Crippen molar-refractivity contribution in [1.29, 1.82) is 0 Å². The summed E-state index contributed by atoms with van der Waals surface area (Å²) in [5.74, 6) is 0.0930. The Hall–Kier alpha value is -1.42. The van der Waals surface area contributed by atoms with Crippen LogP contribution in [-0.2, 0) is 4.74 Å². The topological polar surface area (TPSA) is 35.5 Å². The summed E-state index contributed by atoms with van der Waals surface area (Å²) in [6.07, 6.45) is 2.34. The molecule has 0 radical (unpaired) electrons. The lowest BCUT2D eigenvalue weighted by atomic mass is 9.92. The molecule has 1 aliphatic rings. The first-order chi connectivity index (χ1) is 8.70. The number of carbonyl (C=O) groups is 1. The summed E-state index contributed by atoms with van der Waals surface area (Å²) < 4.78 is 23.4. The number of methoxy groups -OCH3 is 1. The normalized spacial score (nSPS) is 16.6. The van der Waals surface area contributed by atoms with Crippen molar-refractivity contribution >= 4 is 5.78 Å². The van der Waals surface area contributed by atoms with Gasteiger partial charge in [-0.3, -0.25) is 4.79 Å². The maximum atomic E-state index is 13.2. The quantitative estimate of drug-likeness (QED) is 0.773. The second-order valence-corrected chi connectivity index (χ2v) is 4.53. The zero-order valence-corrected chi connectivity index (χ0v) is 10.4. The highest BCUT2D eigenvalue weighted by atomic mass is 19.1. The first kappa shape index (κ1) is 13.0. The van der Waals surface area contributed by atoms with Crippen LogP contribution < -0.4 is 4.74 Å². The van der Waals surface area contributed by atoms with Gasteiger partial charge in [-0.1, -0.05) is 0 Å². The van der Waals surface area contributed by atoms with Crippen molar-refractivity contribution in [3.8, 4) is 5.75 Å². The van der Waals surface area contributed by atoms with Gasteiger partial charge in [0, 0.05) is 25.2 Å². The molecule has 1 aromatic rings. The Balaban J connectivity index is 2.03. The van der Waals surface area contributed by atoms with Gasteiger partial charge < -0.3 is 9.47 Å². The summed E-state index contributed by atoms with van der Waals surface area (Å²) in [6, 6.07) is 4.26. The van der Waals surface area contributed by atoms with Crippen LogP contribution in [0.4, 0.5) is 4.39 Å². The molecule has 0 aromatic heterocycles. The van der Waals surface area contributed by atoms with Crippen LogP contribution in [0.3, 0.4) is 0 Å². The number of rotatable bonds is 4. The molecule has 0 amide bonds. The van der Waals surface area contributed by atoms with Crippen LogP contribution in [0.25, 0.3) is 0 Å². The molecule has 1 saturated heterocycles. The molecule has 4 heteroatoms. The fourth-order valence-electron chi connectivity index (χ4n) is 2.16. The Morgan fingerprint density at radius 1 is 1.44 bits per heavy atom. The van der Waals surface area contributed by atoms with E-state index in [0.29, 0.717) is 17.9 Å². The molecule has 1 fully saturated rings. The maximum Gasteiger partial charge on any atom is 0.165 e. The average molecular weight is 252 g/mol. The van der Waals surface area contributed by atoms with Crippen LogP contribution in [0, 0.1) is 11.7 Å². The van der Waals surface area contributed by atoms with Crippen LogP contribution >= 0.6 is 0 Å². The van der Waals surface area contributed by atoms with E-state index in [-0.39, 0.29) is 11.5 Å². The van der Waals surface area contributed by atoms with Crippen molar-refractivity contribution in [2.75, 3.05) is 20.3 Å². The van der Waals surface area contributed by atoms with Gasteiger partial charge in [-0.05, 0) is 37.0 Å². The van der Waals surface area contributed by atoms with E-state index in [2.05, 4.69) is 0 Å². The molecular weight excluding hydrogens is 235 g/mol. The number of benzene rings is 1. The molecule has 1 aromatic carbocycles. The average Bonchev–Trinajstić information content (AvgIpc) is 2.40. The second-order valence-electron chi connectivity index (χ2n) is 4.53. The summed E-state index contributed by atoms with van der Waals surface area (Å²) in [7, 11) is 1.39. The molecule has 2 rings (SSSR count). The fraction of sp³-hybridized carbons (Fsp3) is 0.500. The van der Waals surface area contributed by atoms with Gasteiger partial charge in [-0.25, -0.2) is 4.39 Å². The molecule has 0 atom stereocenters. The highest BCUT2D eigenvalue weighted by Gasteiger charge is 2.19. The number of hydrogen-bond acceptors (Lipinski definition) is 3. The predicted molar refractivity (Wildman–Crippen MR) is 65.4 cm³/mol. The van der Waals surface area contributed by atoms with Crippen LogP contribution in [0.15, 0.2) is 18.2 Å². The Labute approximate surface area is 106 Å². The number of ether oxygens (including phenoxy) is 2. The van der Waals surface area contributed by atoms with E-state index < -0.39 is 5.82 Å². The first-order valence-corrected chi connectivity index (χ1v) is 6.15. The lowest BCUT2D eigenvalue weighted by Gasteiger charge is -2.21. The first-order valence-electron chi connectivity index (χ1n) is 6.15. The number of Topliss-reactive ketones (excluding diaryl/α,β-unsaturated/α-hetero) is 1. The van der Waals surface area contributed by atoms with Crippen molar-refractivity contribution in [3.63, 3.8) is 0 Å². The van der Waals surface area contributed by atoms with Gasteiger partial charge >= 0.3 is 0 Å². The minimum absolute atomic E-state index is 0.0419. The van der Waals surface area contributed by atoms with Gasteiger partial charge in [0.25, 0.3) is 0 Å². The summed E-state index contributed by atoms with van der Waals surface area (Å²) in [5.41, 5.74) is 0.514. The lowest BCUT2D eigenvalue weighted by Crippen LogP contribution is -2.18. The van der Waals surface area contributed by atoms with Crippen molar-refractivity contribution in [2.45, 2.75) is 19.3 Å². The third-order valence-corrected chi connectivity index (χ3v) is 3.29. The molecule has 3 nitrogen and oxygen atoms in total. The molecule has 1 aliphatic heterocycles. The van der Waals surface area contributed by atoms with E-state index in [9.17, 15) is 9.18 Å². The molecule has 0 saturated carbocycles. The number of carbonyl (C=O) groups excluding carboxylic acids is 1. The van der Waals surface area contributed by atoms with Gasteiger partial charge in [0.1, 0.15) is 0 Å². The van der Waals surface area contributed by atoms with Crippen LogP contribution in [0.1, 0.15) is 29.6 Å². The molecule has 0 unspecified atom stereocenters. The molecule has 0 spiro atoms. The minimum atomic E-state index is -0.444. The van der Waals surface area contributed by atoms with E-state index in [1.807, 2.05) is 0 Å². The highest BCUT2D eigenvalue weighted by molar-refractivity contribution is 5.96. The lowest BCUT2D eigenvalue weighted by molar-refractivity contribution is 0.0601. The minimum Gasteiger partial charge on any atom is -0.494 e. The third kappa shape index (κ3) is 3.07. The summed E-state index contributed by atoms with van der Waals surface area (Å²) in [5, 5.41) is 0. The fourth-order valence-corrected chi connectivity index (χ4v) is 2.16. The molecule has 18 heavy (non-hydrogen) atoms. The molecule has 0 bridgehead atoms. The van der Waals surface area contributed by atoms with E-state index in [1.54, 1.807) is 0 Å². The standard InChI is InChI=1S/C14H17FO3/c1-17-14-9-11(2-3-12(14)15)13(16)8-10-4-6-18-7-5-10/h2-3,9-10H,4-8H2,1H3. The van der Waals surface area contributed by atoms with Crippen molar-refractivity contribution < 1.29 is 18.7 Å². The Bertz CT molecular complexity index is 425. The third-order valence-electron chi connectivity index (χ3n) is 3.29. The number of hydrogen-bond donors (Lipinski definition) is 0. The van der Waals surface area contributed by atoms with Gasteiger partial charge in [0.05, 0.1) is 7.11 Å². The Kier molecular flexibility index (Phi) is 4.31. The van der Waals surface area contributed by atoms with Gasteiger partial charge in [0.15, 0.2) is 17.3 Å². The largest absolute Gasteiger partial charge is 0.494 e. The zero-order valence-electron chi connectivity index (χ0n) is 10.4. The molecular formula is C14H17FO3. The molecule has 1 heterocycles. The zero-order chi connectivity index (χ0) is 13.0. The van der Waals surface area contributed by atoms with Gasteiger partial charge in [0.2, 0.25) is 0 Å². The van der Waals surface area contributed by atoms with Crippen LogP contribution in [0.2, 0.25) is 0 Å². The van der Waals surface area contributed by atoms with Crippen molar-refractivity contribution in [1.82, 2.24) is 0 Å². The van der Waals surface area contributed by atoms with Crippen molar-refractivity contribution in [3.05, 3.63) is 29.6 Å². The highest BCUT2D eigenvalue weighted by Crippen LogP contribution is 2.23. The van der Waals surface area contributed by atoms with Crippen molar-refractivity contribution in [2.24, 2.45) is 5.92 Å². The summed E-state index contributed by atoms with van der Waals surface area (Å²) >= 11 is 0. The molecule has 98 valence electrons. The SMILES string of the molecule is COc1cc(C(=O)CC2CCOCC2)ccc1F. The molecule has 0 aliphatic carbocycles. The summed E-state index contributed by atoms with van der Waals surface area (Å²) in [4.78, 5) is 12.1. The monoisotopic (exact) mass is 252 g/mol. The maximum absolute atomic E-state index is 13.2. The molecule has 0 N–H and O–H groups in total. The van der Waals surface area contributed by atoms with Crippen LogP contribution in [0.5, 0.6) is 5.75 Å². The van der Waals surface area contributed by atoms with E-state index in [0.717, 1.165) is 26.1 Å².